The summed E-state index contributed by atoms with van der Waals surface area (Å²) in [5.41, 5.74) is 1.74. The largest absolute Gasteiger partial charge is 0.490 e. The Morgan fingerprint density at radius 1 is 1.07 bits per heavy atom. The van der Waals surface area contributed by atoms with Crippen molar-refractivity contribution < 1.29 is 19.0 Å². The minimum atomic E-state index is -0.167. The van der Waals surface area contributed by atoms with Crippen molar-refractivity contribution in [2.24, 2.45) is 0 Å². The number of nitrogens with one attached hydrogen (secondary N) is 1. The average molecular weight is 382 g/mol. The summed E-state index contributed by atoms with van der Waals surface area (Å²) in [5, 5.41) is 2.92. The molecule has 1 aliphatic heterocycles. The molecule has 2 aliphatic rings. The van der Waals surface area contributed by atoms with Crippen LogP contribution in [0, 0.1) is 0 Å². The zero-order valence-corrected chi connectivity index (χ0v) is 16.1. The predicted molar refractivity (Wildman–Crippen MR) is 107 cm³/mol. The van der Waals surface area contributed by atoms with E-state index in [0.717, 1.165) is 41.3 Å². The van der Waals surface area contributed by atoms with E-state index in [9.17, 15) is 4.79 Å². The topological polar surface area (TPSA) is 60.0 Å². The van der Waals surface area contributed by atoms with Gasteiger partial charge in [0.1, 0.15) is 19.0 Å². The number of hydrogen-bond donors (Lipinski definition) is 1. The van der Waals surface area contributed by atoms with Gasteiger partial charge in [-0.05, 0) is 67.6 Å². The van der Waals surface area contributed by atoms with Crippen molar-refractivity contribution >= 4 is 11.7 Å². The number of carbonyl (C=O) groups is 1. The van der Waals surface area contributed by atoms with Crippen LogP contribution in [0.1, 0.15) is 31.2 Å². The van der Waals surface area contributed by atoms with E-state index in [-0.39, 0.29) is 6.03 Å². The van der Waals surface area contributed by atoms with E-state index in [1.54, 1.807) is 11.9 Å². The van der Waals surface area contributed by atoms with Crippen LogP contribution in [0.5, 0.6) is 17.2 Å². The van der Waals surface area contributed by atoms with Crippen molar-refractivity contribution in [2.75, 3.05) is 25.6 Å². The number of rotatable bonds is 5. The smallest absolute Gasteiger partial charge is 0.321 e. The standard InChI is InChI=1S/C22H26N2O4/c1-24(15-16-6-11-20-21(14-16)27-13-12-26-20)22(25)23-17-7-9-19(10-8-17)28-18-4-2-3-5-18/h6-11,14,18H,2-5,12-13,15H2,1H3,(H,23,25). The zero-order chi connectivity index (χ0) is 19.3. The lowest BCUT2D eigenvalue weighted by Crippen LogP contribution is -2.30. The normalized spacial score (nSPS) is 15.9. The monoisotopic (exact) mass is 382 g/mol. The Morgan fingerprint density at radius 3 is 2.54 bits per heavy atom. The lowest BCUT2D eigenvalue weighted by atomic mass is 10.2. The fraction of sp³-hybridized carbons (Fsp3) is 0.409. The third kappa shape index (κ3) is 4.50. The molecule has 0 spiro atoms. The van der Waals surface area contributed by atoms with E-state index in [1.807, 2.05) is 42.5 Å². The first-order chi connectivity index (χ1) is 13.7. The van der Waals surface area contributed by atoms with Crippen LogP contribution in [0.4, 0.5) is 10.5 Å². The van der Waals surface area contributed by atoms with Crippen molar-refractivity contribution in [1.82, 2.24) is 4.90 Å². The summed E-state index contributed by atoms with van der Waals surface area (Å²) in [7, 11) is 1.77. The van der Waals surface area contributed by atoms with Crippen molar-refractivity contribution in [1.29, 1.82) is 0 Å². The van der Waals surface area contributed by atoms with Crippen LogP contribution in [0.25, 0.3) is 0 Å². The van der Waals surface area contributed by atoms with Crippen LogP contribution >= 0.6 is 0 Å². The van der Waals surface area contributed by atoms with Gasteiger partial charge in [-0.25, -0.2) is 4.79 Å². The molecular formula is C22H26N2O4. The molecule has 1 fully saturated rings. The molecule has 4 rings (SSSR count). The highest BCUT2D eigenvalue weighted by molar-refractivity contribution is 5.89. The van der Waals surface area contributed by atoms with Gasteiger partial charge in [0.2, 0.25) is 0 Å². The van der Waals surface area contributed by atoms with Gasteiger partial charge in [0.25, 0.3) is 0 Å². The number of ether oxygens (including phenoxy) is 3. The Bertz CT molecular complexity index is 816. The molecule has 0 saturated heterocycles. The Morgan fingerprint density at radius 2 is 1.79 bits per heavy atom. The van der Waals surface area contributed by atoms with E-state index < -0.39 is 0 Å². The summed E-state index contributed by atoms with van der Waals surface area (Å²) >= 11 is 0. The second kappa shape index (κ2) is 8.42. The van der Waals surface area contributed by atoms with Crippen LogP contribution in [-0.2, 0) is 6.54 Å². The van der Waals surface area contributed by atoms with Gasteiger partial charge in [-0.2, -0.15) is 0 Å². The third-order valence-corrected chi connectivity index (χ3v) is 5.08. The molecule has 1 heterocycles. The van der Waals surface area contributed by atoms with Gasteiger partial charge in [0.15, 0.2) is 11.5 Å². The van der Waals surface area contributed by atoms with Crippen molar-refractivity contribution in [3.8, 4) is 17.2 Å². The van der Waals surface area contributed by atoms with Crippen LogP contribution < -0.4 is 19.5 Å². The molecular weight excluding hydrogens is 356 g/mol. The summed E-state index contributed by atoms with van der Waals surface area (Å²) in [6.07, 6.45) is 5.08. The average Bonchev–Trinajstić information content (AvgIpc) is 3.22. The lowest BCUT2D eigenvalue weighted by Gasteiger charge is -2.21. The maximum absolute atomic E-state index is 12.5. The Hall–Kier alpha value is -2.89. The Labute approximate surface area is 165 Å². The molecule has 1 saturated carbocycles. The van der Waals surface area contributed by atoms with E-state index in [2.05, 4.69) is 5.32 Å². The van der Waals surface area contributed by atoms with Gasteiger partial charge in [-0.15, -0.1) is 0 Å². The summed E-state index contributed by atoms with van der Waals surface area (Å²) in [5.74, 6) is 2.34. The quantitative estimate of drug-likeness (QED) is 0.830. The zero-order valence-electron chi connectivity index (χ0n) is 16.1. The molecule has 2 aromatic rings. The van der Waals surface area contributed by atoms with Crippen LogP contribution in [0.15, 0.2) is 42.5 Å². The molecule has 1 aliphatic carbocycles. The number of urea groups is 1. The van der Waals surface area contributed by atoms with Crippen molar-refractivity contribution in [3.63, 3.8) is 0 Å². The predicted octanol–water partition coefficient (Wildman–Crippen LogP) is 4.44. The van der Waals surface area contributed by atoms with Crippen molar-refractivity contribution in [2.45, 2.75) is 38.3 Å². The van der Waals surface area contributed by atoms with E-state index >= 15 is 0 Å². The fourth-order valence-electron chi connectivity index (χ4n) is 3.57. The Kier molecular flexibility index (Phi) is 5.55. The highest BCUT2D eigenvalue weighted by Gasteiger charge is 2.17. The number of hydrogen-bond acceptors (Lipinski definition) is 4. The van der Waals surface area contributed by atoms with E-state index in [0.29, 0.717) is 25.9 Å². The van der Waals surface area contributed by atoms with Crippen LogP contribution in [0.2, 0.25) is 0 Å². The molecule has 2 aromatic carbocycles. The van der Waals surface area contributed by atoms with Gasteiger partial charge in [0, 0.05) is 19.3 Å². The molecule has 28 heavy (non-hydrogen) atoms. The minimum absolute atomic E-state index is 0.167. The molecule has 6 nitrogen and oxygen atoms in total. The fourth-order valence-corrected chi connectivity index (χ4v) is 3.57. The summed E-state index contributed by atoms with van der Waals surface area (Å²) in [4.78, 5) is 14.1. The van der Waals surface area contributed by atoms with Crippen LogP contribution in [-0.4, -0.2) is 37.3 Å². The molecule has 1 N–H and O–H groups in total. The highest BCUT2D eigenvalue weighted by Crippen LogP contribution is 2.31. The second-order valence-corrected chi connectivity index (χ2v) is 7.31. The number of fused-ring (bicyclic) bond motifs is 1. The SMILES string of the molecule is CN(Cc1ccc2c(c1)OCCO2)C(=O)Nc1ccc(OC2CCCC2)cc1. The summed E-state index contributed by atoms with van der Waals surface area (Å²) < 4.78 is 17.1. The molecule has 6 heteroatoms. The van der Waals surface area contributed by atoms with Crippen LogP contribution in [0.3, 0.4) is 0 Å². The molecule has 0 atom stereocenters. The first kappa shape index (κ1) is 18.5. The molecule has 0 bridgehead atoms. The van der Waals surface area contributed by atoms with Crippen molar-refractivity contribution in [3.05, 3.63) is 48.0 Å². The molecule has 0 unspecified atom stereocenters. The van der Waals surface area contributed by atoms with Gasteiger partial charge in [0.05, 0.1) is 6.10 Å². The highest BCUT2D eigenvalue weighted by atomic mass is 16.6. The number of amides is 2. The Balaban J connectivity index is 1.31. The van der Waals surface area contributed by atoms with Gasteiger partial charge >= 0.3 is 6.03 Å². The summed E-state index contributed by atoms with van der Waals surface area (Å²) in [6.45, 7) is 1.59. The molecule has 0 aromatic heterocycles. The number of benzene rings is 2. The van der Waals surface area contributed by atoms with E-state index in [4.69, 9.17) is 14.2 Å². The molecule has 148 valence electrons. The van der Waals surface area contributed by atoms with Gasteiger partial charge in [-0.3, -0.25) is 0 Å². The maximum atomic E-state index is 12.5. The number of carbonyl (C=O) groups excluding carboxylic acids is 1. The third-order valence-electron chi connectivity index (χ3n) is 5.08. The van der Waals surface area contributed by atoms with Gasteiger partial charge in [-0.1, -0.05) is 6.07 Å². The molecule has 0 radical (unpaired) electrons. The molecule has 2 amide bonds. The first-order valence-corrected chi connectivity index (χ1v) is 9.85. The van der Waals surface area contributed by atoms with Gasteiger partial charge < -0.3 is 24.4 Å². The number of anilines is 1. The maximum Gasteiger partial charge on any atom is 0.321 e. The summed E-state index contributed by atoms with van der Waals surface area (Å²) in [6, 6.07) is 13.2. The lowest BCUT2D eigenvalue weighted by molar-refractivity contribution is 0.171. The number of nitrogens with zero attached hydrogens (tertiary/aromatic N) is 1. The van der Waals surface area contributed by atoms with E-state index in [1.165, 1.54) is 12.8 Å². The minimum Gasteiger partial charge on any atom is -0.490 e. The first-order valence-electron chi connectivity index (χ1n) is 9.85. The second-order valence-electron chi connectivity index (χ2n) is 7.31.